The highest BCUT2D eigenvalue weighted by molar-refractivity contribution is 6.31. The van der Waals surface area contributed by atoms with Gasteiger partial charge in [-0.3, -0.25) is 0 Å². The smallest absolute Gasteiger partial charge is 0.422 e. The van der Waals surface area contributed by atoms with Gasteiger partial charge >= 0.3 is 6.18 Å². The molecule has 5 aromatic rings. The zero-order valence-electron chi connectivity index (χ0n) is 33.8. The van der Waals surface area contributed by atoms with Crippen LogP contribution in [0.1, 0.15) is 73.6 Å². The van der Waals surface area contributed by atoms with Crippen molar-refractivity contribution in [2.45, 2.75) is 90.9 Å². The molecule has 7 nitrogen and oxygen atoms in total. The van der Waals surface area contributed by atoms with Crippen molar-refractivity contribution in [3.8, 4) is 5.75 Å². The monoisotopic (exact) mass is 824 g/mol. The second kappa shape index (κ2) is 28.0. The summed E-state index contributed by atoms with van der Waals surface area (Å²) < 4.78 is 61.2. The number of halogens is 4. The molecule has 6 rings (SSSR count). The van der Waals surface area contributed by atoms with Gasteiger partial charge in [0, 0.05) is 18.6 Å². The molecule has 2 N–H and O–H groups in total. The van der Waals surface area contributed by atoms with Crippen LogP contribution in [-0.2, 0) is 45.2 Å². The van der Waals surface area contributed by atoms with Crippen LogP contribution < -0.4 is 4.74 Å². The van der Waals surface area contributed by atoms with Crippen molar-refractivity contribution in [3.05, 3.63) is 172 Å². The van der Waals surface area contributed by atoms with Crippen molar-refractivity contribution < 1.29 is 47.1 Å². The van der Waals surface area contributed by atoms with Gasteiger partial charge in [-0.25, -0.2) is 0 Å². The lowest BCUT2D eigenvalue weighted by atomic mass is 9.92. The first-order valence-electron chi connectivity index (χ1n) is 19.3. The van der Waals surface area contributed by atoms with E-state index in [1.807, 2.05) is 131 Å². The Balaban J connectivity index is 0.000000716. The minimum absolute atomic E-state index is 0.131. The number of benzene rings is 5. The predicted molar refractivity (Wildman–Crippen MR) is 224 cm³/mol. The molecule has 0 radical (unpaired) electrons. The first-order chi connectivity index (χ1) is 28.2. The van der Waals surface area contributed by atoms with Crippen molar-refractivity contribution in [1.29, 1.82) is 0 Å². The van der Waals surface area contributed by atoms with Crippen molar-refractivity contribution in [1.82, 2.24) is 0 Å². The van der Waals surface area contributed by atoms with Crippen LogP contribution in [0.2, 0.25) is 5.02 Å². The van der Waals surface area contributed by atoms with E-state index < -0.39 is 37.2 Å². The minimum atomic E-state index is -4.41. The molecule has 11 heteroatoms. The molecule has 5 aromatic carbocycles. The van der Waals surface area contributed by atoms with Crippen molar-refractivity contribution in [2.24, 2.45) is 0 Å². The fourth-order valence-corrected chi connectivity index (χ4v) is 5.90. The fourth-order valence-electron chi connectivity index (χ4n) is 5.72. The van der Waals surface area contributed by atoms with Crippen LogP contribution >= 0.6 is 11.6 Å². The van der Waals surface area contributed by atoms with Gasteiger partial charge in [0.1, 0.15) is 18.0 Å². The average Bonchev–Trinajstić information content (AvgIpc) is 3.28. The van der Waals surface area contributed by atoms with Gasteiger partial charge in [0.15, 0.2) is 12.9 Å². The lowest BCUT2D eigenvalue weighted by Gasteiger charge is -2.40. The Labute approximate surface area is 346 Å². The van der Waals surface area contributed by atoms with Gasteiger partial charge in [0.05, 0.1) is 32.0 Å². The molecule has 0 bridgehead atoms. The molecule has 1 aliphatic rings. The van der Waals surface area contributed by atoms with Gasteiger partial charge < -0.3 is 34.0 Å². The molecule has 1 fully saturated rings. The van der Waals surface area contributed by atoms with Gasteiger partial charge in [0.2, 0.25) is 0 Å². The van der Waals surface area contributed by atoms with Crippen molar-refractivity contribution >= 4 is 17.9 Å². The standard InChI is InChI=1S/C35H32ClF3O5.C7H8O.2C2H6.CH4O/c36-30-16-13-27(18-28(30)17-24-11-14-29(15-12-24)43-23-35(37,38)39)31-19-32(41-21-25-7-3-1-4-8-25)34(33(20-40)44-31)42-22-26-9-5-2-6-10-26;8-6-7-4-2-1-3-5-7;3*1-2/h1-16,18,20,31-34H,17,19,21-23H2;1-5,8H,6H2;2*1-2H3;2H,1H3/t31?,32?,33?,34-;;;;/m0..../s1. The van der Waals surface area contributed by atoms with Crippen molar-refractivity contribution in [2.75, 3.05) is 13.7 Å². The van der Waals surface area contributed by atoms with E-state index >= 15 is 0 Å². The van der Waals surface area contributed by atoms with E-state index in [1.165, 1.54) is 12.1 Å². The topological polar surface area (TPSA) is 94.5 Å². The molecule has 1 saturated heterocycles. The van der Waals surface area contributed by atoms with Gasteiger partial charge in [-0.1, -0.05) is 155 Å². The summed E-state index contributed by atoms with van der Waals surface area (Å²) in [6.07, 6.45) is -5.13. The third kappa shape index (κ3) is 17.5. The fraction of sp³-hybridized carbons (Fsp3) is 0.340. The van der Waals surface area contributed by atoms with Gasteiger partial charge in [0.25, 0.3) is 0 Å². The first-order valence-corrected chi connectivity index (χ1v) is 19.7. The van der Waals surface area contributed by atoms with Crippen LogP contribution in [0.15, 0.2) is 133 Å². The average molecular weight is 825 g/mol. The number of alkyl halides is 3. The molecule has 0 amide bonds. The highest BCUT2D eigenvalue weighted by atomic mass is 35.5. The largest absolute Gasteiger partial charge is 0.484 e. The molecule has 0 aromatic heterocycles. The van der Waals surface area contributed by atoms with Gasteiger partial charge in [-0.05, 0) is 58.0 Å². The second-order valence-electron chi connectivity index (χ2n) is 12.3. The van der Waals surface area contributed by atoms with E-state index in [0.717, 1.165) is 46.8 Å². The predicted octanol–water partition coefficient (Wildman–Crippen LogP) is 10.9. The normalized spacial score (nSPS) is 16.9. The quantitative estimate of drug-likeness (QED) is 0.114. The molecule has 0 aliphatic carbocycles. The lowest BCUT2D eigenvalue weighted by Crippen LogP contribution is -2.49. The highest BCUT2D eigenvalue weighted by Gasteiger charge is 2.41. The number of ether oxygens (including phenoxy) is 4. The van der Waals surface area contributed by atoms with Crippen LogP contribution in [-0.4, -0.2) is 54.7 Å². The van der Waals surface area contributed by atoms with Crippen LogP contribution in [0.5, 0.6) is 5.75 Å². The molecule has 58 heavy (non-hydrogen) atoms. The maximum absolute atomic E-state index is 12.5. The molecule has 1 aliphatic heterocycles. The van der Waals surface area contributed by atoms with E-state index in [4.69, 9.17) is 40.8 Å². The Hall–Kier alpha value is -4.55. The Morgan fingerprint density at radius 2 is 1.24 bits per heavy atom. The SMILES string of the molecule is CC.CC.CO.O=CC1OC(c2ccc(Cl)c(Cc3ccc(OCC(F)(F)F)cc3)c2)CC(OCc2ccccc2)[C@@H]1OCc1ccccc1.OCc1ccccc1. The first kappa shape index (κ1) is 49.6. The van der Waals surface area contributed by atoms with E-state index in [9.17, 15) is 18.0 Å². The summed E-state index contributed by atoms with van der Waals surface area (Å²) in [7, 11) is 1.00. The molecule has 314 valence electrons. The molecular formula is C47H56ClF3O7. The van der Waals surface area contributed by atoms with Crippen molar-refractivity contribution in [3.63, 3.8) is 0 Å². The maximum Gasteiger partial charge on any atom is 0.422 e. The maximum atomic E-state index is 12.5. The Morgan fingerprint density at radius 3 is 1.72 bits per heavy atom. The summed E-state index contributed by atoms with van der Waals surface area (Å²) in [5.74, 6) is 0.131. The molecule has 4 atom stereocenters. The molecule has 1 heterocycles. The van der Waals surface area contributed by atoms with Crippen LogP contribution in [0.3, 0.4) is 0 Å². The second-order valence-corrected chi connectivity index (χ2v) is 12.7. The summed E-state index contributed by atoms with van der Waals surface area (Å²) >= 11 is 6.55. The Kier molecular flexibility index (Phi) is 23.9. The number of hydrogen-bond donors (Lipinski definition) is 2. The van der Waals surface area contributed by atoms with E-state index in [-0.39, 0.29) is 12.4 Å². The number of aliphatic hydroxyl groups is 2. The van der Waals surface area contributed by atoms with Gasteiger partial charge in [-0.2, -0.15) is 13.2 Å². The van der Waals surface area contributed by atoms with Crippen LogP contribution in [0.25, 0.3) is 0 Å². The third-order valence-electron chi connectivity index (χ3n) is 8.37. The molecule has 0 spiro atoms. The molecular weight excluding hydrogens is 769 g/mol. The molecule has 3 unspecified atom stereocenters. The summed E-state index contributed by atoms with van der Waals surface area (Å²) in [5.41, 5.74) is 5.43. The number of aliphatic hydroxyl groups excluding tert-OH is 2. The number of hydrogen-bond acceptors (Lipinski definition) is 7. The molecule has 0 saturated carbocycles. The van der Waals surface area contributed by atoms with Gasteiger partial charge in [-0.15, -0.1) is 0 Å². The van der Waals surface area contributed by atoms with E-state index in [0.29, 0.717) is 31.1 Å². The number of aldehydes is 1. The summed E-state index contributed by atoms with van der Waals surface area (Å²) in [5, 5.41) is 16.1. The highest BCUT2D eigenvalue weighted by Crippen LogP contribution is 2.37. The number of carbonyl (C=O) groups excluding carboxylic acids is 1. The number of carbonyl (C=O) groups is 1. The minimum Gasteiger partial charge on any atom is -0.484 e. The summed E-state index contributed by atoms with van der Waals surface area (Å²) in [6.45, 7) is 7.45. The van der Waals surface area contributed by atoms with E-state index in [1.54, 1.807) is 18.2 Å². The van der Waals surface area contributed by atoms with Crippen LogP contribution in [0, 0.1) is 0 Å². The third-order valence-corrected chi connectivity index (χ3v) is 8.74. The zero-order chi connectivity index (χ0) is 42.8. The Morgan fingerprint density at radius 1 is 0.724 bits per heavy atom. The van der Waals surface area contributed by atoms with E-state index in [2.05, 4.69) is 0 Å². The zero-order valence-corrected chi connectivity index (χ0v) is 34.5. The summed E-state index contributed by atoms with van der Waals surface area (Å²) in [4.78, 5) is 12.3. The Bertz CT molecular complexity index is 1800. The number of rotatable bonds is 13. The summed E-state index contributed by atoms with van der Waals surface area (Å²) in [6, 6.07) is 41.0. The van der Waals surface area contributed by atoms with Crippen LogP contribution in [0.4, 0.5) is 13.2 Å². The lowest BCUT2D eigenvalue weighted by molar-refractivity contribution is -0.204.